The van der Waals surface area contributed by atoms with Crippen LogP contribution in [-0.4, -0.2) is 28.5 Å². The first-order valence-corrected chi connectivity index (χ1v) is 13.5. The van der Waals surface area contributed by atoms with Gasteiger partial charge < -0.3 is 15.7 Å². The number of rotatable bonds is 9. The van der Waals surface area contributed by atoms with Crippen molar-refractivity contribution in [3.05, 3.63) is 105 Å². The third kappa shape index (κ3) is 7.80. The Balaban J connectivity index is 1.58. The van der Waals surface area contributed by atoms with Crippen LogP contribution in [0.2, 0.25) is 10.0 Å². The molecule has 4 rings (SSSR count). The van der Waals surface area contributed by atoms with Gasteiger partial charge in [0.15, 0.2) is 0 Å². The molecule has 0 saturated heterocycles. The minimum atomic E-state index is -4.66. The minimum Gasteiger partial charge on any atom is -0.481 e. The van der Waals surface area contributed by atoms with Crippen LogP contribution in [0.15, 0.2) is 72.9 Å². The Morgan fingerprint density at radius 3 is 2.20 bits per heavy atom. The van der Waals surface area contributed by atoms with Crippen molar-refractivity contribution in [1.82, 2.24) is 10.3 Å². The molecule has 0 spiro atoms. The number of alkyl halides is 6. The summed E-state index contributed by atoms with van der Waals surface area (Å²) in [6.45, 7) is -0.107. The lowest BCUT2D eigenvalue weighted by Crippen LogP contribution is -2.26. The van der Waals surface area contributed by atoms with E-state index < -0.39 is 40.4 Å². The first kappa shape index (κ1) is 32.6. The predicted molar refractivity (Wildman–Crippen MR) is 153 cm³/mol. The number of aromatic nitrogens is 1. The molecule has 0 aliphatic heterocycles. The van der Waals surface area contributed by atoms with Crippen molar-refractivity contribution in [2.75, 3.05) is 11.9 Å². The quantitative estimate of drug-likeness (QED) is 0.157. The predicted octanol–water partition coefficient (Wildman–Crippen LogP) is 8.58. The number of hydrogen-bond acceptors (Lipinski definition) is 4. The number of carbonyl (C=O) groups is 2. The Kier molecular flexibility index (Phi) is 9.75. The number of nitrogens with zero attached hydrogens (tertiary/aromatic N) is 1. The second-order valence-corrected chi connectivity index (χ2v) is 10.2. The van der Waals surface area contributed by atoms with Gasteiger partial charge in [-0.2, -0.15) is 26.3 Å². The highest BCUT2D eigenvalue weighted by Gasteiger charge is 2.34. The molecule has 0 saturated carbocycles. The van der Waals surface area contributed by atoms with Gasteiger partial charge in [0.2, 0.25) is 0 Å². The number of hydrogen-bond donors (Lipinski definition) is 3. The SMILES string of the molecule is O=C(O)CCNC(=O)c1ccc(-c2cc(C(F)(F)F)ccc2CNc2ccc(-c3cccc(C(F)(F)F)c3Cl)c(Cl)c2)cn1. The van der Waals surface area contributed by atoms with Gasteiger partial charge in [0.25, 0.3) is 5.91 Å². The molecular weight excluding hydrogens is 635 g/mol. The second kappa shape index (κ2) is 13.1. The van der Waals surface area contributed by atoms with Crippen LogP contribution < -0.4 is 10.6 Å². The van der Waals surface area contributed by atoms with E-state index in [1.54, 1.807) is 6.07 Å². The molecule has 1 heterocycles. The molecule has 230 valence electrons. The van der Waals surface area contributed by atoms with Crippen molar-refractivity contribution in [1.29, 1.82) is 0 Å². The molecular formula is C30H21Cl2F6N3O3. The summed E-state index contributed by atoms with van der Waals surface area (Å²) in [6, 6.07) is 13.8. The van der Waals surface area contributed by atoms with Crippen LogP contribution in [0.1, 0.15) is 33.6 Å². The summed E-state index contributed by atoms with van der Waals surface area (Å²) in [5.74, 6) is -1.74. The molecule has 0 radical (unpaired) electrons. The lowest BCUT2D eigenvalue weighted by atomic mass is 9.97. The summed E-state index contributed by atoms with van der Waals surface area (Å²) in [6.07, 6.45) is -8.36. The standard InChI is InChI=1S/C30H21Cl2F6N3O3/c31-24-13-19(7-8-20(24)21-2-1-3-23(27(21)32)30(36,37)38)40-14-16-4-6-18(29(33,34)35)12-22(16)17-5-9-25(41-15-17)28(44)39-11-10-26(42)43/h1-9,12-13,15,40H,10-11,14H2,(H,39,44)(H,42,43). The molecule has 0 aliphatic carbocycles. The highest BCUT2D eigenvalue weighted by molar-refractivity contribution is 6.37. The monoisotopic (exact) mass is 655 g/mol. The van der Waals surface area contributed by atoms with E-state index in [-0.39, 0.29) is 52.5 Å². The molecule has 1 amide bonds. The number of benzene rings is 3. The van der Waals surface area contributed by atoms with E-state index in [0.717, 1.165) is 18.2 Å². The van der Waals surface area contributed by atoms with Gasteiger partial charge in [-0.05, 0) is 47.5 Å². The number of amides is 1. The van der Waals surface area contributed by atoms with Crippen LogP contribution in [0.3, 0.4) is 0 Å². The Morgan fingerprint density at radius 2 is 1.59 bits per heavy atom. The third-order valence-electron chi connectivity index (χ3n) is 6.42. The van der Waals surface area contributed by atoms with E-state index in [9.17, 15) is 35.9 Å². The highest BCUT2D eigenvalue weighted by atomic mass is 35.5. The van der Waals surface area contributed by atoms with Crippen LogP contribution in [0.5, 0.6) is 0 Å². The van der Waals surface area contributed by atoms with Crippen molar-refractivity contribution in [2.45, 2.75) is 25.3 Å². The van der Waals surface area contributed by atoms with Gasteiger partial charge in [-0.15, -0.1) is 0 Å². The molecule has 0 fully saturated rings. The molecule has 0 unspecified atom stereocenters. The summed E-state index contributed by atoms with van der Waals surface area (Å²) in [5.41, 5.74) is -0.321. The van der Waals surface area contributed by atoms with Crippen molar-refractivity contribution in [3.8, 4) is 22.3 Å². The van der Waals surface area contributed by atoms with Gasteiger partial charge in [0.05, 0.1) is 27.6 Å². The number of pyridine rings is 1. The first-order chi connectivity index (χ1) is 20.6. The molecule has 0 aliphatic rings. The number of aliphatic carboxylic acids is 1. The zero-order valence-corrected chi connectivity index (χ0v) is 23.8. The van der Waals surface area contributed by atoms with Gasteiger partial charge in [-0.1, -0.05) is 53.5 Å². The van der Waals surface area contributed by atoms with E-state index in [1.165, 1.54) is 48.7 Å². The van der Waals surface area contributed by atoms with E-state index in [4.69, 9.17) is 28.3 Å². The highest BCUT2D eigenvalue weighted by Crippen LogP contribution is 2.42. The van der Waals surface area contributed by atoms with Crippen molar-refractivity contribution in [2.24, 2.45) is 0 Å². The Hall–Kier alpha value is -4.29. The maximum absolute atomic E-state index is 13.5. The lowest BCUT2D eigenvalue weighted by molar-refractivity contribution is -0.138. The van der Waals surface area contributed by atoms with Crippen LogP contribution >= 0.6 is 23.2 Å². The number of carboxylic acid groups (broad SMARTS) is 1. The summed E-state index contributed by atoms with van der Waals surface area (Å²) < 4.78 is 80.6. The van der Waals surface area contributed by atoms with E-state index in [1.807, 2.05) is 0 Å². The third-order valence-corrected chi connectivity index (χ3v) is 7.13. The fourth-order valence-corrected chi connectivity index (χ4v) is 4.85. The molecule has 44 heavy (non-hydrogen) atoms. The maximum atomic E-state index is 13.5. The smallest absolute Gasteiger partial charge is 0.417 e. The fourth-order valence-electron chi connectivity index (χ4n) is 4.24. The Labute approximate surface area is 256 Å². The molecule has 6 nitrogen and oxygen atoms in total. The summed E-state index contributed by atoms with van der Waals surface area (Å²) in [5, 5.41) is 13.7. The Morgan fingerprint density at radius 1 is 0.841 bits per heavy atom. The molecule has 1 aromatic heterocycles. The second-order valence-electron chi connectivity index (χ2n) is 9.41. The topological polar surface area (TPSA) is 91.3 Å². The largest absolute Gasteiger partial charge is 0.481 e. The van der Waals surface area contributed by atoms with Crippen molar-refractivity contribution in [3.63, 3.8) is 0 Å². The molecule has 3 N–H and O–H groups in total. The average molecular weight is 656 g/mol. The van der Waals surface area contributed by atoms with Gasteiger partial charge in [-0.25, -0.2) is 0 Å². The van der Waals surface area contributed by atoms with Crippen molar-refractivity contribution >= 4 is 40.8 Å². The normalized spacial score (nSPS) is 11.7. The van der Waals surface area contributed by atoms with E-state index in [2.05, 4.69) is 15.6 Å². The number of carboxylic acids is 1. The van der Waals surface area contributed by atoms with E-state index >= 15 is 0 Å². The van der Waals surface area contributed by atoms with Gasteiger partial charge in [0, 0.05) is 41.7 Å². The van der Waals surface area contributed by atoms with Crippen LogP contribution in [0.25, 0.3) is 22.3 Å². The zero-order chi connectivity index (χ0) is 32.2. The summed E-state index contributed by atoms with van der Waals surface area (Å²) in [7, 11) is 0. The lowest BCUT2D eigenvalue weighted by Gasteiger charge is -2.16. The van der Waals surface area contributed by atoms with Gasteiger partial charge in [-0.3, -0.25) is 14.6 Å². The molecule has 0 atom stereocenters. The number of halogens is 8. The summed E-state index contributed by atoms with van der Waals surface area (Å²) in [4.78, 5) is 26.9. The van der Waals surface area contributed by atoms with Gasteiger partial charge in [0.1, 0.15) is 5.69 Å². The first-order valence-electron chi connectivity index (χ1n) is 12.7. The van der Waals surface area contributed by atoms with Crippen LogP contribution in [0.4, 0.5) is 32.0 Å². The number of nitrogens with one attached hydrogen (secondary N) is 2. The molecule has 4 aromatic rings. The molecule has 14 heteroatoms. The molecule has 0 bridgehead atoms. The number of carbonyl (C=O) groups excluding carboxylic acids is 1. The Bertz CT molecular complexity index is 1690. The number of anilines is 1. The summed E-state index contributed by atoms with van der Waals surface area (Å²) >= 11 is 12.4. The zero-order valence-electron chi connectivity index (χ0n) is 22.3. The van der Waals surface area contributed by atoms with E-state index in [0.29, 0.717) is 11.3 Å². The maximum Gasteiger partial charge on any atom is 0.417 e. The molecule has 3 aromatic carbocycles. The van der Waals surface area contributed by atoms with Crippen molar-refractivity contribution < 1.29 is 41.0 Å². The van der Waals surface area contributed by atoms with Gasteiger partial charge >= 0.3 is 18.3 Å². The van der Waals surface area contributed by atoms with Crippen LogP contribution in [0, 0.1) is 0 Å². The van der Waals surface area contributed by atoms with Crippen LogP contribution in [-0.2, 0) is 23.7 Å². The average Bonchev–Trinajstić information content (AvgIpc) is 2.95. The minimum absolute atomic E-state index is 0.0187. The fraction of sp³-hybridized carbons (Fsp3) is 0.167.